The third kappa shape index (κ3) is 3.80. The van der Waals surface area contributed by atoms with Crippen LogP contribution >= 0.6 is 15.9 Å². The number of nitrogens with one attached hydrogen (secondary N) is 1. The van der Waals surface area contributed by atoms with Crippen LogP contribution in [0, 0.1) is 11.8 Å². The van der Waals surface area contributed by atoms with Crippen LogP contribution in [0.3, 0.4) is 0 Å². The van der Waals surface area contributed by atoms with Crippen LogP contribution in [0.2, 0.25) is 0 Å². The molecule has 0 heterocycles. The van der Waals surface area contributed by atoms with E-state index in [0.29, 0.717) is 5.92 Å². The Morgan fingerprint density at radius 2 is 2.21 bits per heavy atom. The number of benzene rings is 1. The smallest absolute Gasteiger partial charge is 0.305 e. The first kappa shape index (κ1) is 14.1. The first-order valence-electron chi connectivity index (χ1n) is 6.25. The molecule has 0 aliphatic heterocycles. The van der Waals surface area contributed by atoms with Gasteiger partial charge in [-0.3, -0.25) is 9.59 Å². The largest absolute Gasteiger partial charge is 0.481 e. The molecule has 4 nitrogen and oxygen atoms in total. The molecule has 0 aromatic heterocycles. The second-order valence-electron chi connectivity index (χ2n) is 5.03. The molecule has 3 atom stereocenters. The second kappa shape index (κ2) is 5.74. The van der Waals surface area contributed by atoms with Crippen molar-refractivity contribution in [3.63, 3.8) is 0 Å². The molecule has 1 aromatic carbocycles. The van der Waals surface area contributed by atoms with Gasteiger partial charge in [0.2, 0.25) is 5.91 Å². The number of carboxylic acids is 1. The molecule has 1 saturated carbocycles. The number of aliphatic carboxylic acids is 1. The fourth-order valence-corrected chi connectivity index (χ4v) is 2.53. The molecule has 2 rings (SSSR count). The average molecular weight is 326 g/mol. The summed E-state index contributed by atoms with van der Waals surface area (Å²) in [5, 5.41) is 11.8. The molecule has 1 aromatic rings. The number of halogens is 1. The highest BCUT2D eigenvalue weighted by molar-refractivity contribution is 9.10. The maximum atomic E-state index is 12.0. The Morgan fingerprint density at radius 1 is 1.53 bits per heavy atom. The minimum absolute atomic E-state index is 0.0428. The lowest BCUT2D eigenvalue weighted by Crippen LogP contribution is -2.31. The van der Waals surface area contributed by atoms with E-state index in [1.807, 2.05) is 31.2 Å². The topological polar surface area (TPSA) is 66.4 Å². The van der Waals surface area contributed by atoms with E-state index in [0.717, 1.165) is 16.5 Å². The number of carbonyl (C=O) groups excluding carboxylic acids is 1. The summed E-state index contributed by atoms with van der Waals surface area (Å²) in [5.74, 6) is -0.510. The highest BCUT2D eigenvalue weighted by Crippen LogP contribution is 2.38. The van der Waals surface area contributed by atoms with Gasteiger partial charge in [0.1, 0.15) is 0 Å². The van der Waals surface area contributed by atoms with Crippen LogP contribution < -0.4 is 5.32 Å². The molecular formula is C14H16BrNO3. The van der Waals surface area contributed by atoms with E-state index >= 15 is 0 Å². The Kier molecular flexibility index (Phi) is 4.24. The fourth-order valence-electron chi connectivity index (χ4n) is 2.12. The highest BCUT2D eigenvalue weighted by atomic mass is 79.9. The Bertz CT molecular complexity index is 503. The van der Waals surface area contributed by atoms with Crippen LogP contribution in [0.25, 0.3) is 0 Å². The Morgan fingerprint density at radius 3 is 2.74 bits per heavy atom. The van der Waals surface area contributed by atoms with Crippen LogP contribution in [0.5, 0.6) is 0 Å². The van der Waals surface area contributed by atoms with Gasteiger partial charge in [-0.05, 0) is 30.0 Å². The Hall–Kier alpha value is -1.36. The predicted octanol–water partition coefficient (Wildman–Crippen LogP) is 2.74. The predicted molar refractivity (Wildman–Crippen MR) is 74.5 cm³/mol. The quantitative estimate of drug-likeness (QED) is 0.874. The molecule has 1 aliphatic rings. The number of carbonyl (C=O) groups is 2. The highest BCUT2D eigenvalue weighted by Gasteiger charge is 2.40. The van der Waals surface area contributed by atoms with Gasteiger partial charge in [0.15, 0.2) is 0 Å². The number of carboxylic acid groups (broad SMARTS) is 1. The summed E-state index contributed by atoms with van der Waals surface area (Å²) >= 11 is 3.35. The summed E-state index contributed by atoms with van der Waals surface area (Å²) < 4.78 is 0.870. The maximum Gasteiger partial charge on any atom is 0.305 e. The summed E-state index contributed by atoms with van der Waals surface area (Å²) in [6, 6.07) is 6.89. The van der Waals surface area contributed by atoms with Gasteiger partial charge in [-0.25, -0.2) is 0 Å². The fraction of sp³-hybridized carbons (Fsp3) is 0.429. The molecular weight excluding hydrogens is 310 g/mol. The van der Waals surface area contributed by atoms with Gasteiger partial charge in [-0.15, -0.1) is 0 Å². The SMILES string of the molecule is C[C@@H]1C[C@H]1C(=O)N[C@H](CC(=O)O)c1cccc(Br)c1. The first-order chi connectivity index (χ1) is 8.97. The molecule has 1 amide bonds. The molecule has 0 saturated heterocycles. The zero-order valence-corrected chi connectivity index (χ0v) is 12.2. The van der Waals surface area contributed by atoms with Gasteiger partial charge >= 0.3 is 5.97 Å². The number of hydrogen-bond acceptors (Lipinski definition) is 2. The van der Waals surface area contributed by atoms with E-state index in [4.69, 9.17) is 5.11 Å². The summed E-state index contributed by atoms with van der Waals surface area (Å²) in [7, 11) is 0. The van der Waals surface area contributed by atoms with Crippen LogP contribution in [-0.2, 0) is 9.59 Å². The molecule has 1 fully saturated rings. The maximum absolute atomic E-state index is 12.0. The van der Waals surface area contributed by atoms with Crippen LogP contribution in [0.15, 0.2) is 28.7 Å². The minimum atomic E-state index is -0.922. The van der Waals surface area contributed by atoms with Crippen molar-refractivity contribution in [3.8, 4) is 0 Å². The molecule has 1 aliphatic carbocycles. The van der Waals surface area contributed by atoms with Gasteiger partial charge in [0.25, 0.3) is 0 Å². The van der Waals surface area contributed by atoms with Crippen molar-refractivity contribution >= 4 is 27.8 Å². The molecule has 2 N–H and O–H groups in total. The third-order valence-corrected chi connectivity index (χ3v) is 3.89. The molecule has 0 spiro atoms. The zero-order valence-electron chi connectivity index (χ0n) is 10.6. The summed E-state index contributed by atoms with van der Waals surface area (Å²) in [6.07, 6.45) is 0.785. The van der Waals surface area contributed by atoms with E-state index in [-0.39, 0.29) is 18.2 Å². The molecule has 5 heteroatoms. The summed E-state index contributed by atoms with van der Waals surface area (Å²) in [5.41, 5.74) is 0.804. The van der Waals surface area contributed by atoms with Crippen molar-refractivity contribution in [3.05, 3.63) is 34.3 Å². The van der Waals surface area contributed by atoms with E-state index in [1.165, 1.54) is 0 Å². The van der Waals surface area contributed by atoms with Crippen molar-refractivity contribution in [1.82, 2.24) is 5.32 Å². The van der Waals surface area contributed by atoms with Crippen LogP contribution in [0.4, 0.5) is 0 Å². The summed E-state index contributed by atoms with van der Waals surface area (Å²) in [4.78, 5) is 22.9. The zero-order chi connectivity index (χ0) is 14.0. The minimum Gasteiger partial charge on any atom is -0.481 e. The standard InChI is InChI=1S/C14H16BrNO3/c1-8-5-11(8)14(19)16-12(7-13(17)18)9-3-2-4-10(15)6-9/h2-4,6,8,11-12H,5,7H2,1H3,(H,16,19)(H,17,18)/t8-,11-,12-/m1/s1. The van der Waals surface area contributed by atoms with Crippen molar-refractivity contribution in [1.29, 1.82) is 0 Å². The molecule has 102 valence electrons. The van der Waals surface area contributed by atoms with Gasteiger partial charge in [-0.2, -0.15) is 0 Å². The molecule has 0 bridgehead atoms. The van der Waals surface area contributed by atoms with Crippen LogP contribution in [-0.4, -0.2) is 17.0 Å². The third-order valence-electron chi connectivity index (χ3n) is 3.39. The molecule has 0 unspecified atom stereocenters. The van der Waals surface area contributed by atoms with E-state index < -0.39 is 12.0 Å². The number of rotatable bonds is 5. The van der Waals surface area contributed by atoms with Crippen molar-refractivity contribution in [2.75, 3.05) is 0 Å². The van der Waals surface area contributed by atoms with E-state index in [1.54, 1.807) is 0 Å². The lowest BCUT2D eigenvalue weighted by molar-refractivity contribution is -0.137. The average Bonchev–Trinajstić information content (AvgIpc) is 3.05. The monoisotopic (exact) mass is 325 g/mol. The Balaban J connectivity index is 2.11. The van der Waals surface area contributed by atoms with Gasteiger partial charge in [-0.1, -0.05) is 35.0 Å². The number of hydrogen-bond donors (Lipinski definition) is 2. The Labute approximate surface area is 120 Å². The van der Waals surface area contributed by atoms with Crippen LogP contribution in [0.1, 0.15) is 31.4 Å². The first-order valence-corrected chi connectivity index (χ1v) is 7.04. The van der Waals surface area contributed by atoms with E-state index in [9.17, 15) is 9.59 Å². The second-order valence-corrected chi connectivity index (χ2v) is 5.95. The summed E-state index contributed by atoms with van der Waals surface area (Å²) in [6.45, 7) is 2.02. The molecule has 19 heavy (non-hydrogen) atoms. The van der Waals surface area contributed by atoms with Crippen molar-refractivity contribution in [2.24, 2.45) is 11.8 Å². The number of amides is 1. The normalized spacial score (nSPS) is 22.6. The molecule has 0 radical (unpaired) electrons. The van der Waals surface area contributed by atoms with Gasteiger partial charge in [0, 0.05) is 10.4 Å². The van der Waals surface area contributed by atoms with Crippen molar-refractivity contribution < 1.29 is 14.7 Å². The van der Waals surface area contributed by atoms with E-state index in [2.05, 4.69) is 21.2 Å². The van der Waals surface area contributed by atoms with Gasteiger partial charge < -0.3 is 10.4 Å². The van der Waals surface area contributed by atoms with Gasteiger partial charge in [0.05, 0.1) is 12.5 Å². The lowest BCUT2D eigenvalue weighted by atomic mass is 10.0. The lowest BCUT2D eigenvalue weighted by Gasteiger charge is -2.17. The van der Waals surface area contributed by atoms with Crippen molar-refractivity contribution in [2.45, 2.75) is 25.8 Å².